The Kier molecular flexibility index (Phi) is 4.25. The number of carbonyl (C=O) groups excluding carboxylic acids is 3. The number of aromatic nitrogens is 5. The zero-order valence-corrected chi connectivity index (χ0v) is 17.3. The van der Waals surface area contributed by atoms with Crippen molar-refractivity contribution in [3.63, 3.8) is 0 Å². The highest BCUT2D eigenvalue weighted by Crippen LogP contribution is 2.29. The maximum absolute atomic E-state index is 12.9. The first kappa shape index (κ1) is 19.2. The highest BCUT2D eigenvalue weighted by atomic mass is 16.2. The van der Waals surface area contributed by atoms with E-state index in [-0.39, 0.29) is 18.2 Å². The van der Waals surface area contributed by atoms with Gasteiger partial charge >= 0.3 is 0 Å². The van der Waals surface area contributed by atoms with Gasteiger partial charge in [0.1, 0.15) is 11.7 Å². The fourth-order valence-corrected chi connectivity index (χ4v) is 4.32. The number of nitrogens with zero attached hydrogens (tertiary/aromatic N) is 6. The Morgan fingerprint density at radius 2 is 1.94 bits per heavy atom. The molecule has 3 amide bonds. The Morgan fingerprint density at radius 1 is 1.03 bits per heavy atom. The summed E-state index contributed by atoms with van der Waals surface area (Å²) < 4.78 is 1.63. The summed E-state index contributed by atoms with van der Waals surface area (Å²) in [7, 11) is 0. The zero-order valence-electron chi connectivity index (χ0n) is 17.3. The van der Waals surface area contributed by atoms with Crippen LogP contribution in [0.25, 0.3) is 28.0 Å². The number of fused-ring (bicyclic) bond motifs is 2. The second kappa shape index (κ2) is 7.30. The van der Waals surface area contributed by atoms with Crippen molar-refractivity contribution in [3.05, 3.63) is 66.1 Å². The minimum absolute atomic E-state index is 0.208. The van der Waals surface area contributed by atoms with Crippen LogP contribution >= 0.6 is 0 Å². The van der Waals surface area contributed by atoms with Crippen molar-refractivity contribution in [2.45, 2.75) is 25.4 Å². The predicted molar refractivity (Wildman–Crippen MR) is 116 cm³/mol. The molecule has 33 heavy (non-hydrogen) atoms. The van der Waals surface area contributed by atoms with E-state index >= 15 is 0 Å². The molecule has 0 spiro atoms. The van der Waals surface area contributed by atoms with Crippen LogP contribution in [0, 0.1) is 0 Å². The van der Waals surface area contributed by atoms with Gasteiger partial charge in [-0.25, -0.2) is 9.67 Å². The van der Waals surface area contributed by atoms with Gasteiger partial charge in [0, 0.05) is 36.3 Å². The van der Waals surface area contributed by atoms with E-state index in [0.29, 0.717) is 29.9 Å². The van der Waals surface area contributed by atoms with Crippen molar-refractivity contribution in [2.24, 2.45) is 0 Å². The summed E-state index contributed by atoms with van der Waals surface area (Å²) in [5.41, 5.74) is 4.23. The monoisotopic (exact) mass is 439 g/mol. The molecular weight excluding hydrogens is 422 g/mol. The highest BCUT2D eigenvalue weighted by Gasteiger charge is 2.39. The van der Waals surface area contributed by atoms with Gasteiger partial charge in [0.05, 0.1) is 23.1 Å². The van der Waals surface area contributed by atoms with Crippen molar-refractivity contribution < 1.29 is 14.4 Å². The number of nitrogens with one attached hydrogen (secondary N) is 1. The number of benzene rings is 1. The van der Waals surface area contributed by atoms with E-state index in [1.807, 2.05) is 24.3 Å². The van der Waals surface area contributed by atoms with Crippen LogP contribution in [-0.2, 0) is 16.1 Å². The highest BCUT2D eigenvalue weighted by molar-refractivity contribution is 6.05. The SMILES string of the molecule is O=C1CCC(N2Cc3cc(-n4cc(-c5ccc6cnccc6n5)nn4)ccc3C2=O)C(=O)N1. The normalized spacial score (nSPS) is 18.0. The first-order valence-electron chi connectivity index (χ1n) is 10.5. The fourth-order valence-electron chi connectivity index (χ4n) is 4.32. The van der Waals surface area contributed by atoms with E-state index in [1.54, 1.807) is 35.4 Å². The smallest absolute Gasteiger partial charge is 0.255 e. The molecule has 162 valence electrons. The number of hydrogen-bond acceptors (Lipinski definition) is 7. The number of piperidine rings is 1. The Bertz CT molecular complexity index is 1460. The Labute approximate surface area is 187 Å². The van der Waals surface area contributed by atoms with Gasteiger partial charge in [-0.1, -0.05) is 5.21 Å². The van der Waals surface area contributed by atoms with E-state index in [4.69, 9.17) is 0 Å². The van der Waals surface area contributed by atoms with Crippen molar-refractivity contribution in [3.8, 4) is 17.1 Å². The number of pyridine rings is 2. The van der Waals surface area contributed by atoms with Gasteiger partial charge in [0.15, 0.2) is 0 Å². The Morgan fingerprint density at radius 3 is 2.82 bits per heavy atom. The molecule has 2 aliphatic heterocycles. The van der Waals surface area contributed by atoms with Crippen molar-refractivity contribution in [2.75, 3.05) is 0 Å². The first-order chi connectivity index (χ1) is 16.1. The maximum atomic E-state index is 12.9. The van der Waals surface area contributed by atoms with E-state index in [2.05, 4.69) is 25.6 Å². The molecule has 0 radical (unpaired) electrons. The third-order valence-electron chi connectivity index (χ3n) is 6.02. The van der Waals surface area contributed by atoms with Gasteiger partial charge in [-0.05, 0) is 48.4 Å². The largest absolute Gasteiger partial charge is 0.322 e. The molecular formula is C23H17N7O3. The summed E-state index contributed by atoms with van der Waals surface area (Å²) in [6.45, 7) is 0.302. The van der Waals surface area contributed by atoms with Crippen molar-refractivity contribution >= 4 is 28.6 Å². The van der Waals surface area contributed by atoms with Crippen LogP contribution in [0.4, 0.5) is 0 Å². The molecule has 6 rings (SSSR count). The molecule has 2 aliphatic rings. The maximum Gasteiger partial charge on any atom is 0.255 e. The molecule has 0 aliphatic carbocycles. The second-order valence-electron chi connectivity index (χ2n) is 8.05. The Hall–Kier alpha value is -4.47. The molecule has 10 heteroatoms. The number of carbonyl (C=O) groups is 3. The summed E-state index contributed by atoms with van der Waals surface area (Å²) in [5.74, 6) is -0.936. The topological polar surface area (TPSA) is 123 Å². The molecule has 1 fully saturated rings. The van der Waals surface area contributed by atoms with E-state index < -0.39 is 11.9 Å². The molecule has 5 heterocycles. The molecule has 1 saturated heterocycles. The van der Waals surface area contributed by atoms with Crippen LogP contribution < -0.4 is 5.32 Å². The Balaban J connectivity index is 1.27. The van der Waals surface area contributed by atoms with Gasteiger partial charge in [0.2, 0.25) is 11.8 Å². The zero-order chi connectivity index (χ0) is 22.5. The molecule has 0 bridgehead atoms. The first-order valence-corrected chi connectivity index (χ1v) is 10.5. The molecule has 3 aromatic heterocycles. The molecule has 1 atom stereocenters. The number of rotatable bonds is 3. The average molecular weight is 439 g/mol. The minimum atomic E-state index is -0.641. The van der Waals surface area contributed by atoms with Crippen LogP contribution in [0.1, 0.15) is 28.8 Å². The van der Waals surface area contributed by atoms with Crippen LogP contribution in [0.2, 0.25) is 0 Å². The molecule has 1 aromatic carbocycles. The molecule has 1 N–H and O–H groups in total. The van der Waals surface area contributed by atoms with Gasteiger partial charge in [-0.3, -0.25) is 24.7 Å². The van der Waals surface area contributed by atoms with Crippen LogP contribution in [0.15, 0.2) is 55.0 Å². The number of amides is 3. The minimum Gasteiger partial charge on any atom is -0.322 e. The van der Waals surface area contributed by atoms with Gasteiger partial charge in [0.25, 0.3) is 5.91 Å². The van der Waals surface area contributed by atoms with Crippen molar-refractivity contribution in [1.82, 2.24) is 35.2 Å². The summed E-state index contributed by atoms with van der Waals surface area (Å²) in [4.78, 5) is 46.8. The third-order valence-corrected chi connectivity index (χ3v) is 6.02. The fraction of sp³-hybridized carbons (Fsp3) is 0.174. The lowest BCUT2D eigenvalue weighted by Crippen LogP contribution is -2.52. The summed E-state index contributed by atoms with van der Waals surface area (Å²) in [5, 5.41) is 11.7. The molecule has 10 nitrogen and oxygen atoms in total. The standard InChI is InChI=1S/C23H17N7O3/c31-21-6-5-20(22(32)26-21)29-11-14-9-15(2-3-16(14)23(29)33)30-12-19(27-28-30)18-4-1-13-10-24-8-7-17(13)25-18/h1-4,7-10,12,20H,5-6,11H2,(H,26,31,32). The van der Waals surface area contributed by atoms with Gasteiger partial charge in [-0.2, -0.15) is 0 Å². The van der Waals surface area contributed by atoms with E-state index in [0.717, 1.165) is 22.2 Å². The molecule has 0 saturated carbocycles. The lowest BCUT2D eigenvalue weighted by Gasteiger charge is -2.29. The van der Waals surface area contributed by atoms with Crippen LogP contribution in [0.5, 0.6) is 0 Å². The molecule has 1 unspecified atom stereocenters. The van der Waals surface area contributed by atoms with E-state index in [9.17, 15) is 14.4 Å². The van der Waals surface area contributed by atoms with E-state index in [1.165, 1.54) is 4.90 Å². The van der Waals surface area contributed by atoms with Gasteiger partial charge < -0.3 is 4.90 Å². The average Bonchev–Trinajstić information content (AvgIpc) is 3.44. The number of hydrogen-bond donors (Lipinski definition) is 1. The lowest BCUT2D eigenvalue weighted by molar-refractivity contribution is -0.136. The van der Waals surface area contributed by atoms with Crippen LogP contribution in [0.3, 0.4) is 0 Å². The molecule has 4 aromatic rings. The van der Waals surface area contributed by atoms with Crippen LogP contribution in [-0.4, -0.2) is 53.6 Å². The third kappa shape index (κ3) is 3.23. The second-order valence-corrected chi connectivity index (χ2v) is 8.05. The number of imide groups is 1. The summed E-state index contributed by atoms with van der Waals surface area (Å²) in [6, 6.07) is 10.4. The lowest BCUT2D eigenvalue weighted by atomic mass is 10.0. The predicted octanol–water partition coefficient (Wildman–Crippen LogP) is 1.64. The quantitative estimate of drug-likeness (QED) is 0.481. The van der Waals surface area contributed by atoms with Crippen molar-refractivity contribution in [1.29, 1.82) is 0 Å². The van der Waals surface area contributed by atoms with Gasteiger partial charge in [-0.15, -0.1) is 5.10 Å². The summed E-state index contributed by atoms with van der Waals surface area (Å²) >= 11 is 0. The summed E-state index contributed by atoms with van der Waals surface area (Å²) in [6.07, 6.45) is 5.79.